The van der Waals surface area contributed by atoms with Gasteiger partial charge in [-0.15, -0.1) is 11.3 Å². The molecule has 0 bridgehead atoms. The highest BCUT2D eigenvalue weighted by Gasteiger charge is 2.12. The van der Waals surface area contributed by atoms with Crippen LogP contribution >= 0.6 is 22.9 Å². The normalized spacial score (nSPS) is 12.7. The average Bonchev–Trinajstić information content (AvgIpc) is 2.70. The first-order valence-corrected chi connectivity index (χ1v) is 6.01. The lowest BCUT2D eigenvalue weighted by Crippen LogP contribution is -2.13. The van der Waals surface area contributed by atoms with Gasteiger partial charge < -0.3 is 5.73 Å². The third-order valence-corrected chi connectivity index (χ3v) is 3.37. The van der Waals surface area contributed by atoms with Gasteiger partial charge in [0, 0.05) is 29.1 Å². The molecular weight excluding hydrogens is 247 g/mol. The van der Waals surface area contributed by atoms with Gasteiger partial charge in [-0.3, -0.25) is 0 Å². The summed E-state index contributed by atoms with van der Waals surface area (Å²) >= 11 is 7.47. The van der Waals surface area contributed by atoms with Crippen LogP contribution < -0.4 is 5.73 Å². The molecule has 1 heterocycles. The molecule has 1 unspecified atom stereocenters. The minimum Gasteiger partial charge on any atom is -0.324 e. The van der Waals surface area contributed by atoms with Crippen molar-refractivity contribution in [3.63, 3.8) is 0 Å². The number of rotatable bonds is 3. The second-order valence-electron chi connectivity index (χ2n) is 3.40. The summed E-state index contributed by atoms with van der Waals surface area (Å²) in [7, 11) is 0. The highest BCUT2D eigenvalue weighted by molar-refractivity contribution is 7.09. The number of hydrogen-bond donors (Lipinski definition) is 1. The van der Waals surface area contributed by atoms with Crippen molar-refractivity contribution in [2.75, 3.05) is 0 Å². The molecule has 84 valence electrons. The first-order valence-electron chi connectivity index (χ1n) is 4.75. The van der Waals surface area contributed by atoms with Crippen LogP contribution in [0.1, 0.15) is 16.6 Å². The number of nitrogens with zero attached hydrogens (tertiary/aromatic N) is 1. The van der Waals surface area contributed by atoms with Gasteiger partial charge in [-0.1, -0.05) is 17.7 Å². The summed E-state index contributed by atoms with van der Waals surface area (Å²) in [6, 6.07) is 4.01. The molecule has 1 atom stereocenters. The lowest BCUT2D eigenvalue weighted by molar-refractivity contribution is 0.624. The maximum Gasteiger partial charge on any atom is 0.124 e. The molecule has 0 spiro atoms. The first kappa shape index (κ1) is 11.5. The van der Waals surface area contributed by atoms with Gasteiger partial charge in [0.1, 0.15) is 5.82 Å². The second kappa shape index (κ2) is 4.91. The molecule has 0 aliphatic rings. The van der Waals surface area contributed by atoms with Crippen molar-refractivity contribution >= 4 is 22.9 Å². The van der Waals surface area contributed by atoms with Crippen LogP contribution in [0.4, 0.5) is 4.39 Å². The maximum absolute atomic E-state index is 12.9. The Bertz CT molecular complexity index is 473. The molecular formula is C11H10ClFN2S. The van der Waals surface area contributed by atoms with E-state index in [1.807, 2.05) is 5.38 Å². The van der Waals surface area contributed by atoms with E-state index in [1.165, 1.54) is 12.1 Å². The van der Waals surface area contributed by atoms with Crippen LogP contribution in [0.3, 0.4) is 0 Å². The standard InChI is InChI=1S/C11H10ClFN2S/c12-9-5-7(13)1-2-8(9)10(14)6-11-15-3-4-16-11/h1-5,10H,6,14H2. The van der Waals surface area contributed by atoms with E-state index in [2.05, 4.69) is 4.98 Å². The molecule has 5 heteroatoms. The minimum atomic E-state index is -0.352. The summed E-state index contributed by atoms with van der Waals surface area (Å²) in [5, 5.41) is 3.21. The largest absolute Gasteiger partial charge is 0.324 e. The molecule has 1 aromatic heterocycles. The van der Waals surface area contributed by atoms with Crippen molar-refractivity contribution in [2.24, 2.45) is 5.73 Å². The van der Waals surface area contributed by atoms with Gasteiger partial charge in [0.05, 0.1) is 5.01 Å². The fourth-order valence-electron chi connectivity index (χ4n) is 1.45. The van der Waals surface area contributed by atoms with Crippen molar-refractivity contribution in [1.29, 1.82) is 0 Å². The highest BCUT2D eigenvalue weighted by Crippen LogP contribution is 2.25. The third kappa shape index (κ3) is 2.58. The predicted molar refractivity (Wildman–Crippen MR) is 64.2 cm³/mol. The Hall–Kier alpha value is -0.970. The summed E-state index contributed by atoms with van der Waals surface area (Å²) in [4.78, 5) is 4.15. The van der Waals surface area contributed by atoms with Crippen molar-refractivity contribution < 1.29 is 4.39 Å². The van der Waals surface area contributed by atoms with Crippen LogP contribution in [0.5, 0.6) is 0 Å². The summed E-state index contributed by atoms with van der Waals surface area (Å²) in [6.45, 7) is 0. The Morgan fingerprint density at radius 1 is 1.50 bits per heavy atom. The van der Waals surface area contributed by atoms with Crippen LogP contribution in [0.25, 0.3) is 0 Å². The van der Waals surface area contributed by atoms with Crippen molar-refractivity contribution in [3.8, 4) is 0 Å². The van der Waals surface area contributed by atoms with Crippen molar-refractivity contribution in [1.82, 2.24) is 4.98 Å². The van der Waals surface area contributed by atoms with E-state index in [9.17, 15) is 4.39 Å². The molecule has 2 aromatic rings. The zero-order chi connectivity index (χ0) is 11.5. The SMILES string of the molecule is NC(Cc1nccs1)c1ccc(F)cc1Cl. The molecule has 0 saturated carbocycles. The zero-order valence-corrected chi connectivity index (χ0v) is 9.93. The van der Waals surface area contributed by atoms with Gasteiger partial charge in [-0.05, 0) is 17.7 Å². The minimum absolute atomic E-state index is 0.251. The summed E-state index contributed by atoms with van der Waals surface area (Å²) in [6.07, 6.45) is 2.35. The fraction of sp³-hybridized carbons (Fsp3) is 0.182. The Morgan fingerprint density at radius 3 is 2.94 bits per heavy atom. The first-order chi connectivity index (χ1) is 7.66. The van der Waals surface area contributed by atoms with E-state index in [1.54, 1.807) is 23.6 Å². The Morgan fingerprint density at radius 2 is 2.31 bits per heavy atom. The maximum atomic E-state index is 12.9. The molecule has 1 aromatic carbocycles. The topological polar surface area (TPSA) is 38.9 Å². The smallest absolute Gasteiger partial charge is 0.124 e. The van der Waals surface area contributed by atoms with Gasteiger partial charge in [-0.25, -0.2) is 9.37 Å². The summed E-state index contributed by atoms with van der Waals surface area (Å²) < 4.78 is 12.9. The highest BCUT2D eigenvalue weighted by atomic mass is 35.5. The third-order valence-electron chi connectivity index (χ3n) is 2.24. The van der Waals surface area contributed by atoms with Crippen LogP contribution in [0, 0.1) is 5.82 Å². The molecule has 0 fully saturated rings. The molecule has 2 nitrogen and oxygen atoms in total. The van der Waals surface area contributed by atoms with Gasteiger partial charge in [0.2, 0.25) is 0 Å². The predicted octanol–water partition coefficient (Wildman–Crippen LogP) is 3.18. The van der Waals surface area contributed by atoms with Crippen molar-refractivity contribution in [3.05, 3.63) is 51.2 Å². The van der Waals surface area contributed by atoms with E-state index in [4.69, 9.17) is 17.3 Å². The van der Waals surface area contributed by atoms with Gasteiger partial charge >= 0.3 is 0 Å². The average molecular weight is 257 g/mol. The number of thiazole rings is 1. The molecule has 2 rings (SSSR count). The molecule has 0 saturated heterocycles. The van der Waals surface area contributed by atoms with Gasteiger partial charge in [0.15, 0.2) is 0 Å². The van der Waals surface area contributed by atoms with E-state index in [0.717, 1.165) is 10.6 Å². The Kier molecular flexibility index (Phi) is 3.53. The van der Waals surface area contributed by atoms with E-state index in [0.29, 0.717) is 11.4 Å². The summed E-state index contributed by atoms with van der Waals surface area (Å²) in [5.41, 5.74) is 6.75. The van der Waals surface area contributed by atoms with Crippen LogP contribution in [-0.2, 0) is 6.42 Å². The molecule has 0 amide bonds. The second-order valence-corrected chi connectivity index (χ2v) is 4.79. The quantitative estimate of drug-likeness (QED) is 0.916. The molecule has 2 N–H and O–H groups in total. The molecule has 16 heavy (non-hydrogen) atoms. The van der Waals surface area contributed by atoms with Crippen LogP contribution in [0.15, 0.2) is 29.8 Å². The zero-order valence-electron chi connectivity index (χ0n) is 8.36. The van der Waals surface area contributed by atoms with E-state index >= 15 is 0 Å². The fourth-order valence-corrected chi connectivity index (χ4v) is 2.44. The van der Waals surface area contributed by atoms with Crippen LogP contribution in [-0.4, -0.2) is 4.98 Å². The van der Waals surface area contributed by atoms with E-state index in [-0.39, 0.29) is 11.9 Å². The van der Waals surface area contributed by atoms with Gasteiger partial charge in [0.25, 0.3) is 0 Å². The molecule has 0 radical (unpaired) electrons. The number of hydrogen-bond acceptors (Lipinski definition) is 3. The van der Waals surface area contributed by atoms with E-state index < -0.39 is 0 Å². The summed E-state index contributed by atoms with van der Waals surface area (Å²) in [5.74, 6) is -0.352. The Labute approximate surface area is 102 Å². The number of benzene rings is 1. The number of halogens is 2. The monoisotopic (exact) mass is 256 g/mol. The van der Waals surface area contributed by atoms with Crippen LogP contribution in [0.2, 0.25) is 5.02 Å². The lowest BCUT2D eigenvalue weighted by atomic mass is 10.1. The number of nitrogens with two attached hydrogens (primary N) is 1. The van der Waals surface area contributed by atoms with Gasteiger partial charge in [-0.2, -0.15) is 0 Å². The lowest BCUT2D eigenvalue weighted by Gasteiger charge is -2.12. The van der Waals surface area contributed by atoms with Crippen molar-refractivity contribution in [2.45, 2.75) is 12.5 Å². The molecule has 0 aliphatic carbocycles. The number of aromatic nitrogens is 1. The molecule has 0 aliphatic heterocycles. The Balaban J connectivity index is 2.17.